The van der Waals surface area contributed by atoms with Gasteiger partial charge in [0.15, 0.2) is 0 Å². The highest BCUT2D eigenvalue weighted by molar-refractivity contribution is 6.07. The molecule has 1 saturated heterocycles. The summed E-state index contributed by atoms with van der Waals surface area (Å²) >= 11 is 0. The largest absolute Gasteiger partial charge is 0.318 e. The molecule has 0 aromatic carbocycles. The van der Waals surface area contributed by atoms with Crippen molar-refractivity contribution in [1.29, 1.82) is 0 Å². The number of aryl methyl sites for hydroxylation is 1. The standard InChI is InChI=1S/C12H13N3O3/c1-7-5-9(3-4-13-7)12(18)15-6-10(16)14-11(17)8(15)2/h3-5,8H,6H2,1-2H3,(H,14,16,17). The van der Waals surface area contributed by atoms with Gasteiger partial charge in [0.1, 0.15) is 12.6 Å². The minimum Gasteiger partial charge on any atom is -0.318 e. The first-order valence-electron chi connectivity index (χ1n) is 5.56. The Balaban J connectivity index is 2.27. The molecule has 1 aliphatic heterocycles. The summed E-state index contributed by atoms with van der Waals surface area (Å²) in [5.41, 5.74) is 1.14. The van der Waals surface area contributed by atoms with E-state index in [1.807, 2.05) is 0 Å². The van der Waals surface area contributed by atoms with Crippen LogP contribution in [0.15, 0.2) is 18.3 Å². The maximum atomic E-state index is 12.2. The molecular weight excluding hydrogens is 234 g/mol. The number of aromatic nitrogens is 1. The van der Waals surface area contributed by atoms with Crippen molar-refractivity contribution in [2.24, 2.45) is 0 Å². The van der Waals surface area contributed by atoms with Crippen LogP contribution in [-0.4, -0.2) is 40.2 Å². The van der Waals surface area contributed by atoms with Gasteiger partial charge in [0, 0.05) is 17.5 Å². The summed E-state index contributed by atoms with van der Waals surface area (Å²) in [4.78, 5) is 40.3. The van der Waals surface area contributed by atoms with E-state index in [0.717, 1.165) is 0 Å². The number of nitrogens with one attached hydrogen (secondary N) is 1. The fraction of sp³-hybridized carbons (Fsp3) is 0.333. The molecule has 1 atom stereocenters. The van der Waals surface area contributed by atoms with E-state index in [0.29, 0.717) is 11.3 Å². The average molecular weight is 247 g/mol. The summed E-state index contributed by atoms with van der Waals surface area (Å²) in [6.45, 7) is 3.26. The highest BCUT2D eigenvalue weighted by atomic mass is 16.2. The van der Waals surface area contributed by atoms with Crippen LogP contribution in [0.1, 0.15) is 23.0 Å². The quantitative estimate of drug-likeness (QED) is 0.701. The van der Waals surface area contributed by atoms with Crippen molar-refractivity contribution in [2.75, 3.05) is 6.54 Å². The van der Waals surface area contributed by atoms with Crippen LogP contribution in [0, 0.1) is 6.92 Å². The molecule has 1 unspecified atom stereocenters. The SMILES string of the molecule is Cc1cc(C(=O)N2CC(=O)NC(=O)C2C)ccn1. The first-order chi connectivity index (χ1) is 8.49. The molecule has 0 radical (unpaired) electrons. The lowest BCUT2D eigenvalue weighted by Gasteiger charge is -2.31. The topological polar surface area (TPSA) is 79.4 Å². The number of amides is 3. The van der Waals surface area contributed by atoms with E-state index in [-0.39, 0.29) is 12.5 Å². The van der Waals surface area contributed by atoms with E-state index in [4.69, 9.17) is 0 Å². The van der Waals surface area contributed by atoms with Crippen molar-refractivity contribution in [2.45, 2.75) is 19.9 Å². The third-order valence-electron chi connectivity index (χ3n) is 2.83. The van der Waals surface area contributed by atoms with E-state index >= 15 is 0 Å². The predicted octanol–water partition coefficient (Wildman–Crippen LogP) is -0.123. The Morgan fingerprint density at radius 1 is 1.50 bits per heavy atom. The summed E-state index contributed by atoms with van der Waals surface area (Å²) in [6.07, 6.45) is 1.53. The smallest absolute Gasteiger partial charge is 0.255 e. The van der Waals surface area contributed by atoms with Gasteiger partial charge in [-0.25, -0.2) is 0 Å². The van der Waals surface area contributed by atoms with Crippen LogP contribution in [0.4, 0.5) is 0 Å². The molecule has 0 aliphatic carbocycles. The van der Waals surface area contributed by atoms with Crippen LogP contribution in [0.2, 0.25) is 0 Å². The Bertz CT molecular complexity index is 527. The summed E-state index contributed by atoms with van der Waals surface area (Å²) in [5, 5.41) is 2.19. The van der Waals surface area contributed by atoms with Crippen LogP contribution in [0.5, 0.6) is 0 Å². The second-order valence-corrected chi connectivity index (χ2v) is 4.21. The Morgan fingerprint density at radius 2 is 2.22 bits per heavy atom. The van der Waals surface area contributed by atoms with E-state index in [1.165, 1.54) is 11.1 Å². The summed E-state index contributed by atoms with van der Waals surface area (Å²) in [5.74, 6) is -1.25. The first-order valence-corrected chi connectivity index (χ1v) is 5.56. The molecule has 0 bridgehead atoms. The zero-order valence-electron chi connectivity index (χ0n) is 10.1. The number of carbonyl (C=O) groups is 3. The van der Waals surface area contributed by atoms with Gasteiger partial charge >= 0.3 is 0 Å². The van der Waals surface area contributed by atoms with Crippen molar-refractivity contribution in [3.05, 3.63) is 29.6 Å². The molecule has 94 valence electrons. The monoisotopic (exact) mass is 247 g/mol. The van der Waals surface area contributed by atoms with Crippen molar-refractivity contribution in [1.82, 2.24) is 15.2 Å². The molecule has 6 nitrogen and oxygen atoms in total. The lowest BCUT2D eigenvalue weighted by atomic mass is 10.1. The van der Waals surface area contributed by atoms with Gasteiger partial charge in [-0.3, -0.25) is 24.7 Å². The minimum atomic E-state index is -0.649. The Morgan fingerprint density at radius 3 is 2.89 bits per heavy atom. The molecule has 3 amide bonds. The van der Waals surface area contributed by atoms with Gasteiger partial charge in [-0.05, 0) is 26.0 Å². The zero-order valence-corrected chi connectivity index (χ0v) is 10.1. The maximum absolute atomic E-state index is 12.2. The molecule has 2 rings (SSSR count). The van der Waals surface area contributed by atoms with Crippen LogP contribution >= 0.6 is 0 Å². The summed E-state index contributed by atoms with van der Waals surface area (Å²) in [6, 6.07) is 2.55. The van der Waals surface area contributed by atoms with Gasteiger partial charge in [0.25, 0.3) is 5.91 Å². The highest BCUT2D eigenvalue weighted by Crippen LogP contribution is 2.11. The third kappa shape index (κ3) is 2.22. The normalized spacial score (nSPS) is 19.7. The van der Waals surface area contributed by atoms with E-state index in [2.05, 4.69) is 10.3 Å². The van der Waals surface area contributed by atoms with Gasteiger partial charge in [0.2, 0.25) is 11.8 Å². The molecule has 1 aliphatic rings. The van der Waals surface area contributed by atoms with Gasteiger partial charge in [-0.2, -0.15) is 0 Å². The molecule has 1 fully saturated rings. The first kappa shape index (κ1) is 12.2. The van der Waals surface area contributed by atoms with Crippen molar-refractivity contribution < 1.29 is 14.4 Å². The van der Waals surface area contributed by atoms with Crippen molar-refractivity contribution >= 4 is 17.7 Å². The van der Waals surface area contributed by atoms with E-state index < -0.39 is 17.9 Å². The average Bonchev–Trinajstić information content (AvgIpc) is 2.33. The molecule has 6 heteroatoms. The summed E-state index contributed by atoms with van der Waals surface area (Å²) in [7, 11) is 0. The number of pyridine rings is 1. The van der Waals surface area contributed by atoms with Crippen LogP contribution in [0.3, 0.4) is 0 Å². The van der Waals surface area contributed by atoms with Crippen LogP contribution in [-0.2, 0) is 9.59 Å². The van der Waals surface area contributed by atoms with Gasteiger partial charge < -0.3 is 4.90 Å². The second kappa shape index (κ2) is 4.56. The number of rotatable bonds is 1. The fourth-order valence-corrected chi connectivity index (χ4v) is 1.81. The van der Waals surface area contributed by atoms with Crippen molar-refractivity contribution in [3.63, 3.8) is 0 Å². The van der Waals surface area contributed by atoms with E-state index in [9.17, 15) is 14.4 Å². The molecule has 0 saturated carbocycles. The van der Waals surface area contributed by atoms with Crippen LogP contribution in [0.25, 0.3) is 0 Å². The molecule has 2 heterocycles. The number of hydrogen-bond donors (Lipinski definition) is 1. The molecule has 18 heavy (non-hydrogen) atoms. The van der Waals surface area contributed by atoms with Crippen molar-refractivity contribution in [3.8, 4) is 0 Å². The molecule has 0 spiro atoms. The fourth-order valence-electron chi connectivity index (χ4n) is 1.81. The maximum Gasteiger partial charge on any atom is 0.255 e. The van der Waals surface area contributed by atoms with Gasteiger partial charge in [-0.1, -0.05) is 0 Å². The molecule has 1 N–H and O–H groups in total. The lowest BCUT2D eigenvalue weighted by Crippen LogP contribution is -2.58. The molecule has 1 aromatic heterocycles. The number of carbonyl (C=O) groups excluding carboxylic acids is 3. The number of piperazine rings is 1. The van der Waals surface area contributed by atoms with E-state index in [1.54, 1.807) is 26.0 Å². The molecule has 1 aromatic rings. The lowest BCUT2D eigenvalue weighted by molar-refractivity contribution is -0.138. The van der Waals surface area contributed by atoms with Crippen LogP contribution < -0.4 is 5.32 Å². The Kier molecular flexibility index (Phi) is 3.10. The number of nitrogens with zero attached hydrogens (tertiary/aromatic N) is 2. The Hall–Kier alpha value is -2.24. The minimum absolute atomic E-state index is 0.104. The highest BCUT2D eigenvalue weighted by Gasteiger charge is 2.33. The van der Waals surface area contributed by atoms with Gasteiger partial charge in [0.05, 0.1) is 0 Å². The molecular formula is C12H13N3O3. The second-order valence-electron chi connectivity index (χ2n) is 4.21. The summed E-state index contributed by atoms with van der Waals surface area (Å²) < 4.78 is 0. The Labute approximate surface area is 104 Å². The van der Waals surface area contributed by atoms with Gasteiger partial charge in [-0.15, -0.1) is 0 Å². The number of hydrogen-bond acceptors (Lipinski definition) is 4. The number of imide groups is 1. The third-order valence-corrected chi connectivity index (χ3v) is 2.83. The predicted molar refractivity (Wildman–Crippen MR) is 62.6 cm³/mol. The zero-order chi connectivity index (χ0) is 13.3.